The molecule has 2 heterocycles. The van der Waals surface area contributed by atoms with Gasteiger partial charge in [0.05, 0.1) is 23.4 Å². The first kappa shape index (κ1) is 11.7. The van der Waals surface area contributed by atoms with Crippen molar-refractivity contribution in [2.75, 3.05) is 0 Å². The van der Waals surface area contributed by atoms with E-state index in [9.17, 15) is 0 Å². The Labute approximate surface area is 110 Å². The molecule has 2 aliphatic carbocycles. The lowest BCUT2D eigenvalue weighted by Gasteiger charge is -2.29. The molecule has 102 valence electrons. The fraction of sp³-hybridized carbons (Fsp3) is 1.00. The second-order valence-corrected chi connectivity index (χ2v) is 7.44. The smallest absolute Gasteiger partial charge is 0.0952 e. The first-order valence-electron chi connectivity index (χ1n) is 7.99. The van der Waals surface area contributed by atoms with Crippen LogP contribution in [0.5, 0.6) is 0 Å². The molecule has 2 saturated heterocycles. The molecule has 18 heavy (non-hydrogen) atoms. The summed E-state index contributed by atoms with van der Waals surface area (Å²) in [5.74, 6) is 1.53. The van der Waals surface area contributed by atoms with Crippen LogP contribution in [-0.2, 0) is 9.47 Å². The maximum Gasteiger partial charge on any atom is 0.0952 e. The molecule has 4 aliphatic rings. The summed E-state index contributed by atoms with van der Waals surface area (Å²) >= 11 is 0. The molecule has 6 atom stereocenters. The van der Waals surface area contributed by atoms with Gasteiger partial charge in [0.25, 0.3) is 0 Å². The number of rotatable bonds is 1. The second kappa shape index (κ2) is 3.73. The maximum atomic E-state index is 6.11. The SMILES string of the molecule is CC12CCCCC(C3CCCCC4OC43C)C1O2. The summed E-state index contributed by atoms with van der Waals surface area (Å²) in [5.41, 5.74) is 0.437. The monoisotopic (exact) mass is 250 g/mol. The minimum atomic E-state index is 0.207. The van der Waals surface area contributed by atoms with E-state index in [1.807, 2.05) is 0 Å². The third-order valence-electron chi connectivity index (χ3n) is 6.25. The van der Waals surface area contributed by atoms with Gasteiger partial charge >= 0.3 is 0 Å². The predicted molar refractivity (Wildman–Crippen MR) is 70.5 cm³/mol. The fourth-order valence-electron chi connectivity index (χ4n) is 4.98. The van der Waals surface area contributed by atoms with Crippen LogP contribution in [0.3, 0.4) is 0 Å². The van der Waals surface area contributed by atoms with E-state index in [0.29, 0.717) is 12.2 Å². The lowest BCUT2D eigenvalue weighted by molar-refractivity contribution is 0.123. The third-order valence-corrected chi connectivity index (χ3v) is 6.25. The second-order valence-electron chi connectivity index (χ2n) is 7.44. The van der Waals surface area contributed by atoms with Gasteiger partial charge in [-0.05, 0) is 51.4 Å². The van der Waals surface area contributed by atoms with Crippen LogP contribution >= 0.6 is 0 Å². The first-order chi connectivity index (χ1) is 8.63. The summed E-state index contributed by atoms with van der Waals surface area (Å²) in [6, 6.07) is 0. The Balaban J connectivity index is 1.58. The van der Waals surface area contributed by atoms with Gasteiger partial charge in [0.15, 0.2) is 0 Å². The van der Waals surface area contributed by atoms with Crippen molar-refractivity contribution in [3.05, 3.63) is 0 Å². The molecule has 2 nitrogen and oxygen atoms in total. The Morgan fingerprint density at radius 1 is 0.889 bits per heavy atom. The van der Waals surface area contributed by atoms with Crippen LogP contribution in [-0.4, -0.2) is 23.4 Å². The molecule has 0 bridgehead atoms. The van der Waals surface area contributed by atoms with Crippen molar-refractivity contribution >= 4 is 0 Å². The predicted octanol–water partition coefficient (Wildman–Crippen LogP) is 3.68. The van der Waals surface area contributed by atoms with Crippen molar-refractivity contribution in [2.45, 2.75) is 88.6 Å². The van der Waals surface area contributed by atoms with Crippen LogP contribution in [0.15, 0.2) is 0 Å². The lowest BCUT2D eigenvalue weighted by atomic mass is 9.74. The molecule has 0 radical (unpaired) electrons. The van der Waals surface area contributed by atoms with E-state index in [1.54, 1.807) is 0 Å². The van der Waals surface area contributed by atoms with Gasteiger partial charge in [-0.25, -0.2) is 0 Å². The Bertz CT molecular complexity index is 355. The zero-order chi connectivity index (χ0) is 12.4. The van der Waals surface area contributed by atoms with E-state index in [2.05, 4.69) is 13.8 Å². The number of hydrogen-bond acceptors (Lipinski definition) is 2. The van der Waals surface area contributed by atoms with Crippen molar-refractivity contribution in [1.29, 1.82) is 0 Å². The van der Waals surface area contributed by atoms with Crippen LogP contribution in [0.1, 0.15) is 65.2 Å². The van der Waals surface area contributed by atoms with Crippen LogP contribution in [0.4, 0.5) is 0 Å². The Hall–Kier alpha value is -0.0800. The summed E-state index contributed by atoms with van der Waals surface area (Å²) in [6.07, 6.45) is 12.0. The van der Waals surface area contributed by atoms with Crippen molar-refractivity contribution in [1.82, 2.24) is 0 Å². The largest absolute Gasteiger partial charge is 0.366 e. The topological polar surface area (TPSA) is 25.1 Å². The molecule has 4 fully saturated rings. The van der Waals surface area contributed by atoms with Crippen molar-refractivity contribution in [2.24, 2.45) is 11.8 Å². The highest BCUT2D eigenvalue weighted by Crippen LogP contribution is 2.59. The van der Waals surface area contributed by atoms with Crippen LogP contribution in [0, 0.1) is 11.8 Å². The number of hydrogen-bond donors (Lipinski definition) is 0. The van der Waals surface area contributed by atoms with Crippen LogP contribution < -0.4 is 0 Å². The summed E-state index contributed by atoms with van der Waals surface area (Å²) in [4.78, 5) is 0. The summed E-state index contributed by atoms with van der Waals surface area (Å²) in [7, 11) is 0. The van der Waals surface area contributed by atoms with E-state index in [0.717, 1.165) is 11.8 Å². The van der Waals surface area contributed by atoms with Gasteiger partial charge in [0.2, 0.25) is 0 Å². The standard InChI is InChI=1S/C16H26O2/c1-15-10-6-5-7-11(14(15)18-15)12-8-3-4-9-13-16(12,2)17-13/h11-14H,3-10H2,1-2H3. The molecule has 0 N–H and O–H groups in total. The van der Waals surface area contributed by atoms with Gasteiger partial charge < -0.3 is 9.47 Å². The quantitative estimate of drug-likeness (QED) is 0.663. The zero-order valence-electron chi connectivity index (χ0n) is 11.8. The average molecular weight is 250 g/mol. The molecular formula is C16H26O2. The molecule has 0 spiro atoms. The molecule has 2 aliphatic heterocycles. The highest BCUT2D eigenvalue weighted by Gasteiger charge is 2.65. The van der Waals surface area contributed by atoms with Gasteiger partial charge in [-0.2, -0.15) is 0 Å². The van der Waals surface area contributed by atoms with E-state index in [4.69, 9.17) is 9.47 Å². The average Bonchev–Trinajstić information content (AvgIpc) is 3.15. The molecule has 4 rings (SSSR count). The van der Waals surface area contributed by atoms with Gasteiger partial charge in [0, 0.05) is 0 Å². The molecule has 2 saturated carbocycles. The molecule has 0 amide bonds. The highest BCUT2D eigenvalue weighted by molar-refractivity contribution is 5.13. The molecule has 6 unspecified atom stereocenters. The third kappa shape index (κ3) is 1.61. The van der Waals surface area contributed by atoms with Gasteiger partial charge in [0.1, 0.15) is 0 Å². The fourth-order valence-corrected chi connectivity index (χ4v) is 4.98. The van der Waals surface area contributed by atoms with Crippen LogP contribution in [0.2, 0.25) is 0 Å². The van der Waals surface area contributed by atoms with Crippen molar-refractivity contribution in [3.63, 3.8) is 0 Å². The summed E-state index contributed by atoms with van der Waals surface area (Å²) in [5, 5.41) is 0. The van der Waals surface area contributed by atoms with Crippen molar-refractivity contribution < 1.29 is 9.47 Å². The Morgan fingerprint density at radius 3 is 2.56 bits per heavy atom. The van der Waals surface area contributed by atoms with Gasteiger partial charge in [-0.15, -0.1) is 0 Å². The van der Waals surface area contributed by atoms with Crippen LogP contribution in [0.25, 0.3) is 0 Å². The molecular weight excluding hydrogens is 224 g/mol. The zero-order valence-corrected chi connectivity index (χ0v) is 11.8. The normalized spacial score (nSPS) is 59.0. The van der Waals surface area contributed by atoms with Gasteiger partial charge in [-0.1, -0.05) is 25.7 Å². The molecule has 0 aromatic heterocycles. The molecule has 0 aromatic carbocycles. The maximum absolute atomic E-state index is 6.11. The van der Waals surface area contributed by atoms with E-state index in [-0.39, 0.29) is 11.2 Å². The van der Waals surface area contributed by atoms with E-state index < -0.39 is 0 Å². The summed E-state index contributed by atoms with van der Waals surface area (Å²) in [6.45, 7) is 4.71. The van der Waals surface area contributed by atoms with E-state index >= 15 is 0 Å². The minimum absolute atomic E-state index is 0.207. The number of ether oxygens (including phenoxy) is 2. The molecule has 2 heteroatoms. The van der Waals surface area contributed by atoms with E-state index in [1.165, 1.54) is 51.4 Å². The number of epoxide rings is 2. The first-order valence-corrected chi connectivity index (χ1v) is 7.99. The minimum Gasteiger partial charge on any atom is -0.366 e. The Kier molecular flexibility index (Phi) is 2.43. The van der Waals surface area contributed by atoms with Crippen molar-refractivity contribution in [3.8, 4) is 0 Å². The summed E-state index contributed by atoms with van der Waals surface area (Å²) < 4.78 is 12.2. The lowest BCUT2D eigenvalue weighted by Crippen LogP contribution is -2.34. The highest BCUT2D eigenvalue weighted by atomic mass is 16.6. The number of fused-ring (bicyclic) bond motifs is 2. The molecule has 0 aromatic rings. The van der Waals surface area contributed by atoms with Gasteiger partial charge in [-0.3, -0.25) is 0 Å². The Morgan fingerprint density at radius 2 is 1.67 bits per heavy atom.